The van der Waals surface area contributed by atoms with Crippen molar-refractivity contribution in [2.45, 2.75) is 13.3 Å². The van der Waals surface area contributed by atoms with Crippen LogP contribution in [0.15, 0.2) is 30.5 Å². The summed E-state index contributed by atoms with van der Waals surface area (Å²) in [5.41, 5.74) is 2.54. The first-order valence-corrected chi connectivity index (χ1v) is 9.10. The molecule has 0 unspecified atom stereocenters. The molecule has 0 bridgehead atoms. The molecule has 26 heavy (non-hydrogen) atoms. The fourth-order valence-corrected chi connectivity index (χ4v) is 3.75. The van der Waals surface area contributed by atoms with Gasteiger partial charge in [-0.05, 0) is 51.7 Å². The number of thiazole rings is 1. The molecule has 0 aliphatic rings. The number of aryl methyl sites for hydroxylation is 2. The van der Waals surface area contributed by atoms with Gasteiger partial charge in [-0.2, -0.15) is 5.10 Å². The van der Waals surface area contributed by atoms with Crippen molar-refractivity contribution in [2.75, 3.05) is 32.1 Å². The van der Waals surface area contributed by atoms with Crippen LogP contribution in [-0.4, -0.2) is 52.8 Å². The molecule has 140 valence electrons. The van der Waals surface area contributed by atoms with E-state index in [4.69, 9.17) is 4.98 Å². The van der Waals surface area contributed by atoms with Gasteiger partial charge in [0.15, 0.2) is 10.8 Å². The standard InChI is InChI=1S/C18H23N5OS.ClH/c1-13-7-5-8-15-16(13)19-18(25-15)23(11-6-10-21(2)3)17(24)14-9-12-22(4)20-14;/h5,7-9,12H,6,10-11H2,1-4H3;1H. The van der Waals surface area contributed by atoms with Gasteiger partial charge in [0.25, 0.3) is 5.91 Å². The fraction of sp³-hybridized carbons (Fsp3) is 0.389. The number of halogens is 1. The van der Waals surface area contributed by atoms with Gasteiger partial charge >= 0.3 is 0 Å². The van der Waals surface area contributed by atoms with Gasteiger partial charge in [-0.3, -0.25) is 14.4 Å². The van der Waals surface area contributed by atoms with Gasteiger partial charge in [0, 0.05) is 19.8 Å². The highest BCUT2D eigenvalue weighted by atomic mass is 35.5. The minimum Gasteiger partial charge on any atom is -0.309 e. The summed E-state index contributed by atoms with van der Waals surface area (Å²) in [6.45, 7) is 3.57. The van der Waals surface area contributed by atoms with Crippen LogP contribution in [0.3, 0.4) is 0 Å². The zero-order valence-electron chi connectivity index (χ0n) is 15.5. The third-order valence-electron chi connectivity index (χ3n) is 4.01. The number of anilines is 1. The lowest BCUT2D eigenvalue weighted by Gasteiger charge is -2.20. The van der Waals surface area contributed by atoms with Gasteiger partial charge in [0.1, 0.15) is 0 Å². The zero-order valence-corrected chi connectivity index (χ0v) is 17.1. The van der Waals surface area contributed by atoms with Crippen LogP contribution in [0.25, 0.3) is 10.2 Å². The van der Waals surface area contributed by atoms with Crippen molar-refractivity contribution < 1.29 is 4.79 Å². The fourth-order valence-electron chi connectivity index (χ4n) is 2.69. The van der Waals surface area contributed by atoms with E-state index >= 15 is 0 Å². The average Bonchev–Trinajstić information content (AvgIpc) is 3.18. The highest BCUT2D eigenvalue weighted by Gasteiger charge is 2.23. The third kappa shape index (κ3) is 4.41. The van der Waals surface area contributed by atoms with E-state index in [1.807, 2.05) is 46.3 Å². The van der Waals surface area contributed by atoms with Crippen molar-refractivity contribution in [3.05, 3.63) is 41.7 Å². The van der Waals surface area contributed by atoms with E-state index in [0.29, 0.717) is 12.2 Å². The third-order valence-corrected chi connectivity index (χ3v) is 5.05. The Labute approximate surface area is 163 Å². The Morgan fingerprint density at radius 1 is 1.23 bits per heavy atom. The van der Waals surface area contributed by atoms with Crippen LogP contribution in [0.5, 0.6) is 0 Å². The van der Waals surface area contributed by atoms with Crippen LogP contribution in [0, 0.1) is 6.92 Å². The molecule has 1 amide bonds. The maximum atomic E-state index is 13.0. The molecule has 8 heteroatoms. The molecular formula is C18H24ClN5OS. The van der Waals surface area contributed by atoms with Gasteiger partial charge in [-0.15, -0.1) is 12.4 Å². The predicted octanol–water partition coefficient (Wildman–Crippen LogP) is 3.36. The van der Waals surface area contributed by atoms with Gasteiger partial charge in [-0.25, -0.2) is 4.98 Å². The quantitative estimate of drug-likeness (QED) is 0.644. The lowest BCUT2D eigenvalue weighted by Crippen LogP contribution is -2.33. The molecule has 0 saturated carbocycles. The second kappa shape index (κ2) is 8.62. The van der Waals surface area contributed by atoms with Crippen molar-refractivity contribution in [1.29, 1.82) is 0 Å². The number of amides is 1. The van der Waals surface area contributed by atoms with Crippen LogP contribution < -0.4 is 4.90 Å². The first-order valence-electron chi connectivity index (χ1n) is 8.28. The van der Waals surface area contributed by atoms with Gasteiger partial charge in [0.2, 0.25) is 0 Å². The smallest absolute Gasteiger partial charge is 0.280 e. The average molecular weight is 394 g/mol. The van der Waals surface area contributed by atoms with Crippen LogP contribution in [0.2, 0.25) is 0 Å². The number of hydrogen-bond acceptors (Lipinski definition) is 5. The zero-order chi connectivity index (χ0) is 18.0. The number of fused-ring (bicyclic) bond motifs is 1. The van der Waals surface area contributed by atoms with E-state index in [0.717, 1.165) is 33.9 Å². The lowest BCUT2D eigenvalue weighted by atomic mass is 10.2. The van der Waals surface area contributed by atoms with Crippen LogP contribution >= 0.6 is 23.7 Å². The van der Waals surface area contributed by atoms with Crippen LogP contribution in [0.1, 0.15) is 22.5 Å². The molecule has 3 rings (SSSR count). The Kier molecular flexibility index (Phi) is 6.75. The number of carbonyl (C=O) groups excluding carboxylic acids is 1. The Morgan fingerprint density at radius 2 is 2.00 bits per heavy atom. The predicted molar refractivity (Wildman–Crippen MR) is 110 cm³/mol. The number of nitrogens with zero attached hydrogens (tertiary/aromatic N) is 5. The second-order valence-electron chi connectivity index (χ2n) is 6.41. The summed E-state index contributed by atoms with van der Waals surface area (Å²) >= 11 is 1.55. The van der Waals surface area contributed by atoms with Crippen molar-refractivity contribution in [2.24, 2.45) is 7.05 Å². The Balaban J connectivity index is 0.00000243. The minimum atomic E-state index is -0.101. The lowest BCUT2D eigenvalue weighted by molar-refractivity contribution is 0.0980. The van der Waals surface area contributed by atoms with Crippen molar-refractivity contribution in [1.82, 2.24) is 19.7 Å². The van der Waals surface area contributed by atoms with E-state index in [1.54, 1.807) is 33.2 Å². The Hall–Kier alpha value is -1.96. The number of para-hydroxylation sites is 1. The van der Waals surface area contributed by atoms with Crippen molar-refractivity contribution >= 4 is 45.0 Å². The molecule has 0 N–H and O–H groups in total. The number of rotatable bonds is 6. The van der Waals surface area contributed by atoms with E-state index in [1.165, 1.54) is 0 Å². The first kappa shape index (κ1) is 20.4. The van der Waals surface area contributed by atoms with E-state index in [2.05, 4.69) is 10.00 Å². The molecule has 2 heterocycles. The molecule has 6 nitrogen and oxygen atoms in total. The van der Waals surface area contributed by atoms with Crippen molar-refractivity contribution in [3.8, 4) is 0 Å². The maximum absolute atomic E-state index is 13.0. The maximum Gasteiger partial charge on any atom is 0.280 e. The molecule has 0 radical (unpaired) electrons. The van der Waals surface area contributed by atoms with Gasteiger partial charge in [-0.1, -0.05) is 23.5 Å². The molecule has 3 aromatic rings. The molecule has 0 aliphatic carbocycles. The molecule has 1 aromatic carbocycles. The second-order valence-corrected chi connectivity index (χ2v) is 7.42. The summed E-state index contributed by atoms with van der Waals surface area (Å²) in [6, 6.07) is 7.87. The van der Waals surface area contributed by atoms with E-state index < -0.39 is 0 Å². The highest BCUT2D eigenvalue weighted by Crippen LogP contribution is 2.31. The van der Waals surface area contributed by atoms with Crippen LogP contribution in [-0.2, 0) is 7.05 Å². The Morgan fingerprint density at radius 3 is 2.62 bits per heavy atom. The molecule has 0 spiro atoms. The molecule has 2 aromatic heterocycles. The highest BCUT2D eigenvalue weighted by molar-refractivity contribution is 7.22. The van der Waals surface area contributed by atoms with Crippen molar-refractivity contribution in [3.63, 3.8) is 0 Å². The summed E-state index contributed by atoms with van der Waals surface area (Å²) in [7, 11) is 5.88. The summed E-state index contributed by atoms with van der Waals surface area (Å²) in [5.74, 6) is -0.101. The summed E-state index contributed by atoms with van der Waals surface area (Å²) in [5, 5.41) is 5.00. The summed E-state index contributed by atoms with van der Waals surface area (Å²) in [6.07, 6.45) is 2.66. The number of hydrogen-bond donors (Lipinski definition) is 0. The minimum absolute atomic E-state index is 0. The molecular weight excluding hydrogens is 370 g/mol. The SMILES string of the molecule is Cc1cccc2sc(N(CCCN(C)C)C(=O)c3ccn(C)n3)nc12.Cl. The Bertz CT molecular complexity index is 889. The normalized spacial score (nSPS) is 11.0. The van der Waals surface area contributed by atoms with Crippen LogP contribution in [0.4, 0.5) is 5.13 Å². The monoisotopic (exact) mass is 393 g/mol. The topological polar surface area (TPSA) is 54.3 Å². The largest absolute Gasteiger partial charge is 0.309 e. The number of benzene rings is 1. The molecule has 0 atom stereocenters. The summed E-state index contributed by atoms with van der Waals surface area (Å²) in [4.78, 5) is 21.6. The number of carbonyl (C=O) groups is 1. The first-order chi connectivity index (χ1) is 12.0. The van der Waals surface area contributed by atoms with Gasteiger partial charge < -0.3 is 4.90 Å². The molecule has 0 saturated heterocycles. The van der Waals surface area contributed by atoms with E-state index in [-0.39, 0.29) is 18.3 Å². The number of aromatic nitrogens is 3. The summed E-state index contributed by atoms with van der Waals surface area (Å²) < 4.78 is 2.75. The molecule has 0 aliphatic heterocycles. The molecule has 0 fully saturated rings. The van der Waals surface area contributed by atoms with E-state index in [9.17, 15) is 4.79 Å². The van der Waals surface area contributed by atoms with Gasteiger partial charge in [0.05, 0.1) is 10.2 Å².